The first-order valence-corrected chi connectivity index (χ1v) is 6.95. The number of hydrogen-bond acceptors (Lipinski definition) is 4. The third-order valence-electron chi connectivity index (χ3n) is 3.73. The van der Waals surface area contributed by atoms with Gasteiger partial charge in [0, 0.05) is 12.1 Å². The van der Waals surface area contributed by atoms with Crippen LogP contribution in [0.4, 0.5) is 4.39 Å². The zero-order valence-electron chi connectivity index (χ0n) is 14.1. The maximum Gasteiger partial charge on any atom is 0.491 e. The normalized spacial score (nSPS) is 12.3. The minimum Gasteiger partial charge on any atom is -0.423 e. The van der Waals surface area contributed by atoms with Gasteiger partial charge >= 0.3 is 7.12 Å². The molecule has 0 unspecified atom stereocenters. The highest BCUT2D eigenvalue weighted by Gasteiger charge is 2.39. The highest BCUT2D eigenvalue weighted by Crippen LogP contribution is 2.25. The Labute approximate surface area is 138 Å². The number of halogens is 2. The zero-order valence-corrected chi connectivity index (χ0v) is 14.9. The van der Waals surface area contributed by atoms with Gasteiger partial charge in [-0.25, -0.2) is 4.39 Å². The molecule has 0 amide bonds. The Bertz CT molecular complexity index is 492. The summed E-state index contributed by atoms with van der Waals surface area (Å²) in [5.41, 5.74) is -1.24. The number of nitrogens with zero attached hydrogens (tertiary/aromatic N) is 1. The standard InChI is InChI=1S/C15H25BFNO3.ClH/c1-14(2,19)15(3,4)21-16(20)12-8-7-11(10-18(5)6)13(17)9-12;/h7-9,19-20H,10H2,1-6H3;1H. The maximum absolute atomic E-state index is 14.0. The summed E-state index contributed by atoms with van der Waals surface area (Å²) < 4.78 is 19.5. The monoisotopic (exact) mass is 333 g/mol. The molecule has 0 bridgehead atoms. The van der Waals surface area contributed by atoms with Crippen LogP contribution in [0.1, 0.15) is 33.3 Å². The van der Waals surface area contributed by atoms with Gasteiger partial charge in [0.2, 0.25) is 0 Å². The molecular formula is C15H26BClFNO3. The Morgan fingerprint density at radius 3 is 2.18 bits per heavy atom. The maximum atomic E-state index is 14.0. The third kappa shape index (κ3) is 5.52. The van der Waals surface area contributed by atoms with Gasteiger partial charge in [0.25, 0.3) is 0 Å². The fraction of sp³-hybridized carbons (Fsp3) is 0.600. The molecule has 4 nitrogen and oxygen atoms in total. The van der Waals surface area contributed by atoms with Crippen molar-refractivity contribution in [1.29, 1.82) is 0 Å². The van der Waals surface area contributed by atoms with Gasteiger partial charge in [-0.2, -0.15) is 0 Å². The van der Waals surface area contributed by atoms with Crippen LogP contribution in [0.3, 0.4) is 0 Å². The van der Waals surface area contributed by atoms with Crippen molar-refractivity contribution >= 4 is 25.0 Å². The lowest BCUT2D eigenvalue weighted by atomic mass is 9.76. The van der Waals surface area contributed by atoms with Crippen LogP contribution in [0.15, 0.2) is 18.2 Å². The van der Waals surface area contributed by atoms with E-state index in [9.17, 15) is 14.5 Å². The fourth-order valence-corrected chi connectivity index (χ4v) is 1.68. The molecule has 0 heterocycles. The summed E-state index contributed by atoms with van der Waals surface area (Å²) in [6.45, 7) is 7.03. The second-order valence-electron chi connectivity index (χ2n) is 6.63. The van der Waals surface area contributed by atoms with Gasteiger partial charge < -0.3 is 19.7 Å². The van der Waals surface area contributed by atoms with Gasteiger partial charge in [-0.05, 0) is 53.3 Å². The molecule has 0 radical (unpaired) electrons. The van der Waals surface area contributed by atoms with Gasteiger partial charge in [-0.15, -0.1) is 12.4 Å². The average molecular weight is 334 g/mol. The molecule has 0 aromatic heterocycles. The van der Waals surface area contributed by atoms with Crippen molar-refractivity contribution in [1.82, 2.24) is 4.90 Å². The van der Waals surface area contributed by atoms with Crippen molar-refractivity contribution in [3.05, 3.63) is 29.6 Å². The Morgan fingerprint density at radius 2 is 1.77 bits per heavy atom. The second-order valence-corrected chi connectivity index (χ2v) is 6.63. The lowest BCUT2D eigenvalue weighted by Crippen LogP contribution is -2.53. The minimum absolute atomic E-state index is 0. The van der Waals surface area contributed by atoms with E-state index in [2.05, 4.69) is 0 Å². The van der Waals surface area contributed by atoms with Crippen LogP contribution in [-0.2, 0) is 11.2 Å². The van der Waals surface area contributed by atoms with Crippen LogP contribution in [0.5, 0.6) is 0 Å². The van der Waals surface area contributed by atoms with Crippen molar-refractivity contribution in [2.45, 2.75) is 45.4 Å². The molecule has 0 aliphatic heterocycles. The molecule has 0 spiro atoms. The summed E-state index contributed by atoms with van der Waals surface area (Å²) in [6.07, 6.45) is 0. The van der Waals surface area contributed by atoms with E-state index in [0.717, 1.165) is 0 Å². The Kier molecular flexibility index (Phi) is 7.52. The molecule has 1 aromatic rings. The van der Waals surface area contributed by atoms with Crippen molar-refractivity contribution < 1.29 is 19.2 Å². The minimum atomic E-state index is -1.30. The SMILES string of the molecule is CN(C)Cc1ccc(B(O)OC(C)(C)C(C)(C)O)cc1F.Cl. The van der Waals surface area contributed by atoms with E-state index in [4.69, 9.17) is 4.65 Å². The van der Waals surface area contributed by atoms with Crippen molar-refractivity contribution in [3.63, 3.8) is 0 Å². The van der Waals surface area contributed by atoms with Crippen LogP contribution in [0.2, 0.25) is 0 Å². The first-order chi connectivity index (χ1) is 9.44. The quantitative estimate of drug-likeness (QED) is 0.776. The van der Waals surface area contributed by atoms with E-state index in [1.165, 1.54) is 6.07 Å². The van der Waals surface area contributed by atoms with Gasteiger partial charge in [0.15, 0.2) is 0 Å². The molecule has 0 aliphatic rings. The molecule has 0 aliphatic carbocycles. The van der Waals surface area contributed by atoms with Crippen LogP contribution < -0.4 is 5.46 Å². The number of rotatable bonds is 6. The molecule has 1 rings (SSSR count). The van der Waals surface area contributed by atoms with E-state index < -0.39 is 18.3 Å². The largest absolute Gasteiger partial charge is 0.491 e. The van der Waals surface area contributed by atoms with Gasteiger partial charge in [-0.3, -0.25) is 0 Å². The van der Waals surface area contributed by atoms with Crippen LogP contribution in [0.25, 0.3) is 0 Å². The molecule has 0 saturated heterocycles. The predicted octanol–water partition coefficient (Wildman–Crippen LogP) is 1.56. The van der Waals surface area contributed by atoms with Crippen LogP contribution >= 0.6 is 12.4 Å². The summed E-state index contributed by atoms with van der Waals surface area (Å²) in [5.74, 6) is -0.384. The number of benzene rings is 1. The summed E-state index contributed by atoms with van der Waals surface area (Å²) >= 11 is 0. The predicted molar refractivity (Wildman–Crippen MR) is 90.1 cm³/mol. The smallest absolute Gasteiger partial charge is 0.423 e. The first-order valence-electron chi connectivity index (χ1n) is 6.95. The Balaban J connectivity index is 0.00000441. The Morgan fingerprint density at radius 1 is 1.23 bits per heavy atom. The van der Waals surface area contributed by atoms with Gasteiger partial charge in [-0.1, -0.05) is 12.1 Å². The average Bonchev–Trinajstić information content (AvgIpc) is 2.29. The van der Waals surface area contributed by atoms with Crippen LogP contribution in [0, 0.1) is 5.82 Å². The van der Waals surface area contributed by atoms with E-state index in [1.54, 1.807) is 39.8 Å². The molecule has 126 valence electrons. The summed E-state index contributed by atoms with van der Waals surface area (Å²) in [6, 6.07) is 4.53. The highest BCUT2D eigenvalue weighted by atomic mass is 35.5. The second kappa shape index (κ2) is 7.75. The topological polar surface area (TPSA) is 52.9 Å². The van der Waals surface area contributed by atoms with Gasteiger partial charge in [0.1, 0.15) is 5.82 Å². The molecule has 0 saturated carbocycles. The van der Waals surface area contributed by atoms with Crippen LogP contribution in [-0.4, -0.2) is 47.4 Å². The van der Waals surface area contributed by atoms with E-state index in [-0.39, 0.29) is 18.2 Å². The van der Waals surface area contributed by atoms with E-state index in [0.29, 0.717) is 17.6 Å². The molecule has 1 aromatic carbocycles. The van der Waals surface area contributed by atoms with E-state index >= 15 is 0 Å². The highest BCUT2D eigenvalue weighted by molar-refractivity contribution is 6.60. The molecule has 2 N–H and O–H groups in total. The summed E-state index contributed by atoms with van der Waals surface area (Å²) in [7, 11) is 2.42. The fourth-order valence-electron chi connectivity index (χ4n) is 1.68. The van der Waals surface area contributed by atoms with Crippen molar-refractivity contribution in [2.75, 3.05) is 14.1 Å². The molecule has 7 heteroatoms. The first kappa shape index (κ1) is 21.3. The van der Waals surface area contributed by atoms with Crippen molar-refractivity contribution in [3.8, 4) is 0 Å². The third-order valence-corrected chi connectivity index (χ3v) is 3.73. The Hall–Kier alpha value is -0.655. The number of aliphatic hydroxyl groups is 1. The molecule has 0 atom stereocenters. The zero-order chi connectivity index (χ0) is 16.4. The summed E-state index contributed by atoms with van der Waals surface area (Å²) in [4.78, 5) is 1.86. The van der Waals surface area contributed by atoms with Gasteiger partial charge in [0.05, 0.1) is 11.2 Å². The summed E-state index contributed by atoms with van der Waals surface area (Å²) in [5, 5.41) is 20.1. The molecule has 0 fully saturated rings. The lowest BCUT2D eigenvalue weighted by molar-refractivity contribution is -0.0982. The lowest BCUT2D eigenvalue weighted by Gasteiger charge is -2.38. The number of hydrogen-bond donors (Lipinski definition) is 2. The van der Waals surface area contributed by atoms with E-state index in [1.807, 2.05) is 19.0 Å². The molecule has 22 heavy (non-hydrogen) atoms. The van der Waals surface area contributed by atoms with Crippen molar-refractivity contribution in [2.24, 2.45) is 0 Å². The molecular weight excluding hydrogens is 307 g/mol.